The third-order valence-electron chi connectivity index (χ3n) is 2.47. The Bertz CT molecular complexity index is 292. The molecule has 0 amide bonds. The van der Waals surface area contributed by atoms with Gasteiger partial charge in [0.05, 0.1) is 12.4 Å². The molecule has 0 aromatic rings. The molecule has 0 saturated carbocycles. The maximum absolute atomic E-state index is 4.49. The highest BCUT2D eigenvalue weighted by Crippen LogP contribution is 2.29. The van der Waals surface area contributed by atoms with E-state index in [1.54, 1.807) is 0 Å². The van der Waals surface area contributed by atoms with Gasteiger partial charge >= 0.3 is 0 Å². The SMILES string of the molecule is CC(C)(C)N1C=NC2CC=CC=C21. The van der Waals surface area contributed by atoms with Crippen molar-refractivity contribution in [2.45, 2.75) is 38.8 Å². The molecule has 70 valence electrons. The van der Waals surface area contributed by atoms with Gasteiger partial charge in [0.25, 0.3) is 0 Å². The summed E-state index contributed by atoms with van der Waals surface area (Å²) < 4.78 is 0. The maximum Gasteiger partial charge on any atom is 0.0951 e. The van der Waals surface area contributed by atoms with Gasteiger partial charge in [-0.3, -0.25) is 4.99 Å². The van der Waals surface area contributed by atoms with Gasteiger partial charge in [-0.2, -0.15) is 0 Å². The molecule has 1 atom stereocenters. The van der Waals surface area contributed by atoms with Crippen molar-refractivity contribution in [2.24, 2.45) is 4.99 Å². The fraction of sp³-hybridized carbons (Fsp3) is 0.545. The molecule has 2 heteroatoms. The molecule has 0 bridgehead atoms. The van der Waals surface area contributed by atoms with Gasteiger partial charge in [-0.1, -0.05) is 12.2 Å². The quantitative estimate of drug-likeness (QED) is 0.553. The van der Waals surface area contributed by atoms with E-state index in [1.807, 2.05) is 6.34 Å². The molecule has 0 aromatic carbocycles. The van der Waals surface area contributed by atoms with E-state index >= 15 is 0 Å². The summed E-state index contributed by atoms with van der Waals surface area (Å²) in [5, 5.41) is 0. The summed E-state index contributed by atoms with van der Waals surface area (Å²) in [4.78, 5) is 6.75. The second-order valence-electron chi connectivity index (χ2n) is 4.58. The van der Waals surface area contributed by atoms with Gasteiger partial charge in [0.2, 0.25) is 0 Å². The Labute approximate surface area is 79.7 Å². The van der Waals surface area contributed by atoms with Crippen LogP contribution in [0.15, 0.2) is 28.9 Å². The van der Waals surface area contributed by atoms with Crippen molar-refractivity contribution in [1.82, 2.24) is 4.90 Å². The van der Waals surface area contributed by atoms with Gasteiger partial charge in [0.15, 0.2) is 0 Å². The third-order valence-corrected chi connectivity index (χ3v) is 2.47. The van der Waals surface area contributed by atoms with Crippen LogP contribution in [0.3, 0.4) is 0 Å². The molecular weight excluding hydrogens is 160 g/mol. The monoisotopic (exact) mass is 176 g/mol. The molecule has 2 nitrogen and oxygen atoms in total. The van der Waals surface area contributed by atoms with Gasteiger partial charge in [-0.15, -0.1) is 0 Å². The Morgan fingerprint density at radius 2 is 2.23 bits per heavy atom. The maximum atomic E-state index is 4.49. The molecule has 1 heterocycles. The molecule has 2 aliphatic rings. The van der Waals surface area contributed by atoms with Crippen molar-refractivity contribution in [3.8, 4) is 0 Å². The minimum Gasteiger partial charge on any atom is -0.329 e. The molecule has 1 aliphatic heterocycles. The Morgan fingerprint density at radius 1 is 1.46 bits per heavy atom. The molecule has 0 saturated heterocycles. The van der Waals surface area contributed by atoms with Crippen molar-refractivity contribution in [3.63, 3.8) is 0 Å². The fourth-order valence-corrected chi connectivity index (χ4v) is 1.76. The van der Waals surface area contributed by atoms with Crippen LogP contribution in [0.25, 0.3) is 0 Å². The molecule has 0 fully saturated rings. The zero-order chi connectivity index (χ0) is 9.47. The Morgan fingerprint density at radius 3 is 2.92 bits per heavy atom. The van der Waals surface area contributed by atoms with Crippen molar-refractivity contribution >= 4 is 6.34 Å². The first kappa shape index (κ1) is 8.54. The molecule has 2 rings (SSSR count). The summed E-state index contributed by atoms with van der Waals surface area (Å²) in [5.74, 6) is 0. The summed E-state index contributed by atoms with van der Waals surface area (Å²) in [6.07, 6.45) is 9.50. The van der Waals surface area contributed by atoms with E-state index < -0.39 is 0 Å². The largest absolute Gasteiger partial charge is 0.329 e. The smallest absolute Gasteiger partial charge is 0.0951 e. The predicted molar refractivity (Wildman–Crippen MR) is 55.7 cm³/mol. The van der Waals surface area contributed by atoms with Crippen LogP contribution in [0.2, 0.25) is 0 Å². The molecule has 1 unspecified atom stereocenters. The molecule has 0 radical (unpaired) electrons. The predicted octanol–water partition coefficient (Wildman–Crippen LogP) is 2.34. The molecule has 0 aromatic heterocycles. The van der Waals surface area contributed by atoms with E-state index in [2.05, 4.69) is 48.9 Å². The summed E-state index contributed by atoms with van der Waals surface area (Å²) in [7, 11) is 0. The van der Waals surface area contributed by atoms with Gasteiger partial charge < -0.3 is 4.90 Å². The second-order valence-corrected chi connectivity index (χ2v) is 4.58. The summed E-state index contributed by atoms with van der Waals surface area (Å²) >= 11 is 0. The van der Waals surface area contributed by atoms with Crippen LogP contribution in [0.4, 0.5) is 0 Å². The Balaban J connectivity index is 2.29. The molecule has 13 heavy (non-hydrogen) atoms. The van der Waals surface area contributed by atoms with E-state index in [1.165, 1.54) is 5.70 Å². The van der Waals surface area contributed by atoms with E-state index in [9.17, 15) is 0 Å². The number of rotatable bonds is 0. The molecule has 0 spiro atoms. The lowest BCUT2D eigenvalue weighted by molar-refractivity contribution is 0.297. The molecular formula is C11H16N2. The van der Waals surface area contributed by atoms with Gasteiger partial charge in [-0.25, -0.2) is 0 Å². The van der Waals surface area contributed by atoms with Crippen LogP contribution >= 0.6 is 0 Å². The number of hydrogen-bond acceptors (Lipinski definition) is 2. The number of nitrogens with zero attached hydrogens (tertiary/aromatic N) is 2. The zero-order valence-corrected chi connectivity index (χ0v) is 8.49. The average Bonchev–Trinajstić information content (AvgIpc) is 2.45. The van der Waals surface area contributed by atoms with E-state index in [-0.39, 0.29) is 5.54 Å². The van der Waals surface area contributed by atoms with E-state index in [4.69, 9.17) is 0 Å². The standard InChI is InChI=1S/C11H16N2/c1-11(2,3)13-8-12-9-6-4-5-7-10(9)13/h4-5,7-9H,6H2,1-3H3. The fourth-order valence-electron chi connectivity index (χ4n) is 1.76. The summed E-state index contributed by atoms with van der Waals surface area (Å²) in [6.45, 7) is 6.63. The lowest BCUT2D eigenvalue weighted by atomic mass is 10.0. The van der Waals surface area contributed by atoms with Crippen LogP contribution in [-0.2, 0) is 0 Å². The second kappa shape index (κ2) is 2.72. The topological polar surface area (TPSA) is 15.6 Å². The van der Waals surface area contributed by atoms with Crippen molar-refractivity contribution < 1.29 is 0 Å². The van der Waals surface area contributed by atoms with Gasteiger partial charge in [0.1, 0.15) is 0 Å². The van der Waals surface area contributed by atoms with Crippen LogP contribution in [-0.4, -0.2) is 22.8 Å². The van der Waals surface area contributed by atoms with Crippen LogP contribution in [0.1, 0.15) is 27.2 Å². The van der Waals surface area contributed by atoms with Crippen LogP contribution < -0.4 is 0 Å². The minimum atomic E-state index is 0.148. The summed E-state index contributed by atoms with van der Waals surface area (Å²) in [6, 6.07) is 0.379. The summed E-state index contributed by atoms with van der Waals surface area (Å²) in [5.41, 5.74) is 1.49. The highest BCUT2D eigenvalue weighted by Gasteiger charge is 2.31. The van der Waals surface area contributed by atoms with E-state index in [0.29, 0.717) is 6.04 Å². The van der Waals surface area contributed by atoms with Crippen LogP contribution in [0, 0.1) is 0 Å². The van der Waals surface area contributed by atoms with Crippen LogP contribution in [0.5, 0.6) is 0 Å². The molecule has 1 aliphatic carbocycles. The highest BCUT2D eigenvalue weighted by atomic mass is 15.3. The Kier molecular flexibility index (Phi) is 1.79. The number of hydrogen-bond donors (Lipinski definition) is 0. The average molecular weight is 176 g/mol. The van der Waals surface area contributed by atoms with Crippen molar-refractivity contribution in [3.05, 3.63) is 23.9 Å². The first-order valence-electron chi connectivity index (χ1n) is 4.78. The Hall–Kier alpha value is -1.05. The highest BCUT2D eigenvalue weighted by molar-refractivity contribution is 5.65. The van der Waals surface area contributed by atoms with Gasteiger partial charge in [0, 0.05) is 11.2 Å². The lowest BCUT2D eigenvalue weighted by Gasteiger charge is -2.33. The van der Waals surface area contributed by atoms with Gasteiger partial charge in [-0.05, 0) is 33.3 Å². The molecule has 0 N–H and O–H groups in total. The number of fused-ring (bicyclic) bond motifs is 1. The third kappa shape index (κ3) is 1.41. The lowest BCUT2D eigenvalue weighted by Crippen LogP contribution is -2.39. The number of aliphatic imine (C=N–C) groups is 1. The van der Waals surface area contributed by atoms with Crippen molar-refractivity contribution in [2.75, 3.05) is 0 Å². The van der Waals surface area contributed by atoms with E-state index in [0.717, 1.165) is 6.42 Å². The number of allylic oxidation sites excluding steroid dienone is 2. The van der Waals surface area contributed by atoms with Crippen molar-refractivity contribution in [1.29, 1.82) is 0 Å². The first-order valence-corrected chi connectivity index (χ1v) is 4.78. The zero-order valence-electron chi connectivity index (χ0n) is 8.49. The minimum absolute atomic E-state index is 0.148. The first-order chi connectivity index (χ1) is 6.09. The normalized spacial score (nSPS) is 26.2.